The second kappa shape index (κ2) is 10.7. The minimum atomic E-state index is -0.734. The Balaban J connectivity index is 1.81. The molecule has 27 heavy (non-hydrogen) atoms. The molecule has 1 aliphatic heterocycles. The van der Waals surface area contributed by atoms with Crippen LogP contribution >= 0.6 is 0 Å². The van der Waals surface area contributed by atoms with Gasteiger partial charge in [-0.05, 0) is 37.3 Å². The van der Waals surface area contributed by atoms with Gasteiger partial charge in [0.05, 0.1) is 12.6 Å². The molecule has 0 radical (unpaired) electrons. The average molecular weight is 375 g/mol. The molecule has 7 nitrogen and oxygen atoms in total. The molecule has 1 fully saturated rings. The zero-order valence-corrected chi connectivity index (χ0v) is 16.0. The zero-order valence-electron chi connectivity index (χ0n) is 16.0. The molecule has 3 N–H and O–H groups in total. The van der Waals surface area contributed by atoms with Gasteiger partial charge in [0.25, 0.3) is 0 Å². The molecule has 2 rings (SSSR count). The van der Waals surface area contributed by atoms with Gasteiger partial charge in [-0.15, -0.1) is 0 Å². The molecule has 0 aliphatic carbocycles. The summed E-state index contributed by atoms with van der Waals surface area (Å²) < 4.78 is 5.35. The number of esters is 1. The molecule has 1 aromatic rings. The number of nitrogens with one attached hydrogen (secondary N) is 3. The lowest BCUT2D eigenvalue weighted by Gasteiger charge is -2.20. The standard InChI is InChI=1S/C20H29N3O4/c1-14(2)11-17(20(26)27-13-15-7-4-3-5-8-15)23-18(24)12-22-19(25)16-9-6-10-21-16/h3-5,7-8,14,16-17,21H,6,9-13H2,1-2H3,(H,22,25)(H,23,24)/t16-,17+/m0/s1. The van der Waals surface area contributed by atoms with E-state index in [2.05, 4.69) is 16.0 Å². The maximum Gasteiger partial charge on any atom is 0.328 e. The van der Waals surface area contributed by atoms with Crippen molar-refractivity contribution in [3.63, 3.8) is 0 Å². The van der Waals surface area contributed by atoms with Gasteiger partial charge in [0.1, 0.15) is 12.6 Å². The summed E-state index contributed by atoms with van der Waals surface area (Å²) in [6, 6.07) is 8.41. The Morgan fingerprint density at radius 2 is 1.96 bits per heavy atom. The number of carbonyl (C=O) groups is 3. The van der Waals surface area contributed by atoms with Crippen molar-refractivity contribution in [1.82, 2.24) is 16.0 Å². The molecular weight excluding hydrogens is 346 g/mol. The topological polar surface area (TPSA) is 96.5 Å². The number of carbonyl (C=O) groups excluding carboxylic acids is 3. The maximum atomic E-state index is 12.4. The molecule has 0 spiro atoms. The lowest BCUT2D eigenvalue weighted by molar-refractivity contribution is -0.149. The fourth-order valence-electron chi connectivity index (χ4n) is 2.96. The predicted octanol–water partition coefficient (Wildman–Crippen LogP) is 1.13. The van der Waals surface area contributed by atoms with Crippen LogP contribution in [0.3, 0.4) is 0 Å². The van der Waals surface area contributed by atoms with E-state index in [1.54, 1.807) is 0 Å². The zero-order chi connectivity index (χ0) is 19.6. The van der Waals surface area contributed by atoms with E-state index in [9.17, 15) is 14.4 Å². The Kier molecular flexibility index (Phi) is 8.26. The van der Waals surface area contributed by atoms with E-state index in [-0.39, 0.29) is 31.0 Å². The molecule has 1 aromatic carbocycles. The van der Waals surface area contributed by atoms with Gasteiger partial charge in [0.15, 0.2) is 0 Å². The Bertz CT molecular complexity index is 627. The van der Waals surface area contributed by atoms with Gasteiger partial charge < -0.3 is 20.7 Å². The van der Waals surface area contributed by atoms with Gasteiger partial charge >= 0.3 is 5.97 Å². The molecule has 0 bridgehead atoms. The summed E-state index contributed by atoms with van der Waals surface area (Å²) in [4.78, 5) is 36.5. The summed E-state index contributed by atoms with van der Waals surface area (Å²) in [6.07, 6.45) is 2.20. The van der Waals surface area contributed by atoms with Crippen molar-refractivity contribution in [2.75, 3.05) is 13.1 Å². The number of hydrogen-bond acceptors (Lipinski definition) is 5. The Hall–Kier alpha value is -2.41. The summed E-state index contributed by atoms with van der Waals surface area (Å²) in [5.74, 6) is -0.847. The molecule has 2 atom stereocenters. The van der Waals surface area contributed by atoms with Gasteiger partial charge in [0, 0.05) is 0 Å². The van der Waals surface area contributed by atoms with Crippen LogP contribution in [-0.2, 0) is 25.7 Å². The van der Waals surface area contributed by atoms with Crippen molar-refractivity contribution in [3.05, 3.63) is 35.9 Å². The first kappa shape index (κ1) is 20.9. The van der Waals surface area contributed by atoms with E-state index in [0.717, 1.165) is 24.9 Å². The third-order valence-electron chi connectivity index (χ3n) is 4.35. The summed E-state index contributed by atoms with van der Waals surface area (Å²) in [6.45, 7) is 4.76. The van der Waals surface area contributed by atoms with Crippen LogP contribution in [0.1, 0.15) is 38.7 Å². The molecule has 1 saturated heterocycles. The number of benzene rings is 1. The second-order valence-corrected chi connectivity index (χ2v) is 7.21. The van der Waals surface area contributed by atoms with Crippen LogP contribution in [0.25, 0.3) is 0 Å². The minimum absolute atomic E-state index is 0.155. The predicted molar refractivity (Wildman–Crippen MR) is 102 cm³/mol. The fourth-order valence-corrected chi connectivity index (χ4v) is 2.96. The van der Waals surface area contributed by atoms with Crippen LogP contribution in [0.4, 0.5) is 0 Å². The van der Waals surface area contributed by atoms with Crippen molar-refractivity contribution in [1.29, 1.82) is 0 Å². The summed E-state index contributed by atoms with van der Waals surface area (Å²) in [5.41, 5.74) is 0.886. The molecule has 2 amide bonds. The number of rotatable bonds is 9. The molecule has 0 saturated carbocycles. The summed E-state index contributed by atoms with van der Waals surface area (Å²) in [5, 5.41) is 8.38. The van der Waals surface area contributed by atoms with E-state index >= 15 is 0 Å². The number of ether oxygens (including phenoxy) is 1. The van der Waals surface area contributed by atoms with E-state index in [4.69, 9.17) is 4.74 Å². The Morgan fingerprint density at radius 3 is 2.59 bits per heavy atom. The second-order valence-electron chi connectivity index (χ2n) is 7.21. The number of amides is 2. The molecule has 0 aromatic heterocycles. The molecule has 7 heteroatoms. The molecule has 1 aliphatic rings. The van der Waals surface area contributed by atoms with Gasteiger partial charge in [-0.25, -0.2) is 4.79 Å². The quantitative estimate of drug-likeness (QED) is 0.562. The highest BCUT2D eigenvalue weighted by molar-refractivity contribution is 5.89. The molecule has 148 valence electrons. The molecule has 0 unspecified atom stereocenters. The third kappa shape index (κ3) is 7.38. The van der Waals surface area contributed by atoms with Crippen LogP contribution in [0.15, 0.2) is 30.3 Å². The van der Waals surface area contributed by atoms with E-state index in [1.807, 2.05) is 44.2 Å². The monoisotopic (exact) mass is 375 g/mol. The van der Waals surface area contributed by atoms with Crippen LogP contribution < -0.4 is 16.0 Å². The minimum Gasteiger partial charge on any atom is -0.459 e. The lowest BCUT2D eigenvalue weighted by Crippen LogP contribution is -2.49. The van der Waals surface area contributed by atoms with Crippen molar-refractivity contribution in [2.24, 2.45) is 5.92 Å². The van der Waals surface area contributed by atoms with Gasteiger partial charge in [-0.2, -0.15) is 0 Å². The Morgan fingerprint density at radius 1 is 1.22 bits per heavy atom. The molecular formula is C20H29N3O4. The van der Waals surface area contributed by atoms with Crippen molar-refractivity contribution < 1.29 is 19.1 Å². The fraction of sp³-hybridized carbons (Fsp3) is 0.550. The maximum absolute atomic E-state index is 12.4. The normalized spacial score (nSPS) is 17.4. The van der Waals surface area contributed by atoms with E-state index in [0.29, 0.717) is 6.42 Å². The Labute approximate surface area is 160 Å². The summed E-state index contributed by atoms with van der Waals surface area (Å²) in [7, 11) is 0. The third-order valence-corrected chi connectivity index (χ3v) is 4.35. The highest BCUT2D eigenvalue weighted by atomic mass is 16.5. The van der Waals surface area contributed by atoms with Crippen molar-refractivity contribution >= 4 is 17.8 Å². The SMILES string of the molecule is CC(C)C[C@@H](NC(=O)CNC(=O)[C@@H]1CCCN1)C(=O)OCc1ccccc1. The summed E-state index contributed by atoms with van der Waals surface area (Å²) >= 11 is 0. The van der Waals surface area contributed by atoms with Crippen LogP contribution in [0.5, 0.6) is 0 Å². The van der Waals surface area contributed by atoms with Crippen molar-refractivity contribution in [2.45, 2.75) is 51.8 Å². The number of hydrogen-bond donors (Lipinski definition) is 3. The van der Waals surface area contributed by atoms with Crippen LogP contribution in [-0.4, -0.2) is 43.0 Å². The van der Waals surface area contributed by atoms with Gasteiger partial charge in [0.2, 0.25) is 11.8 Å². The lowest BCUT2D eigenvalue weighted by atomic mass is 10.0. The largest absolute Gasteiger partial charge is 0.459 e. The van der Waals surface area contributed by atoms with E-state index < -0.39 is 17.9 Å². The first-order valence-electron chi connectivity index (χ1n) is 9.46. The first-order valence-corrected chi connectivity index (χ1v) is 9.46. The highest BCUT2D eigenvalue weighted by Gasteiger charge is 2.25. The van der Waals surface area contributed by atoms with Crippen LogP contribution in [0.2, 0.25) is 0 Å². The van der Waals surface area contributed by atoms with Crippen molar-refractivity contribution in [3.8, 4) is 0 Å². The van der Waals surface area contributed by atoms with Gasteiger partial charge in [-0.1, -0.05) is 44.2 Å². The molecule has 1 heterocycles. The van der Waals surface area contributed by atoms with E-state index in [1.165, 1.54) is 0 Å². The van der Waals surface area contributed by atoms with Crippen LogP contribution in [0, 0.1) is 5.92 Å². The average Bonchev–Trinajstić information content (AvgIpc) is 3.19. The first-order chi connectivity index (χ1) is 13.0. The highest BCUT2D eigenvalue weighted by Crippen LogP contribution is 2.09. The smallest absolute Gasteiger partial charge is 0.328 e. The van der Waals surface area contributed by atoms with Gasteiger partial charge in [-0.3, -0.25) is 9.59 Å².